The first kappa shape index (κ1) is 31.6. The molecule has 0 radical (unpaired) electrons. The fourth-order valence-electron chi connectivity index (χ4n) is 8.38. The zero-order valence-electron chi connectivity index (χ0n) is 26.1. The highest BCUT2D eigenvalue weighted by atomic mass is 16.6. The van der Waals surface area contributed by atoms with Gasteiger partial charge in [0.1, 0.15) is 18.3 Å². The molecule has 0 aromatic rings. The number of carbonyl (C=O) groups excluding carboxylic acids is 5. The van der Waals surface area contributed by atoms with E-state index in [2.05, 4.69) is 13.0 Å². The third-order valence-electron chi connectivity index (χ3n) is 10.9. The largest absolute Gasteiger partial charge is 0.462 e. The van der Waals surface area contributed by atoms with Gasteiger partial charge in [-0.2, -0.15) is 0 Å². The molecule has 0 amide bonds. The second kappa shape index (κ2) is 11.5. The van der Waals surface area contributed by atoms with E-state index in [0.29, 0.717) is 25.0 Å². The number of esters is 4. The summed E-state index contributed by atoms with van der Waals surface area (Å²) in [7, 11) is 0. The van der Waals surface area contributed by atoms with E-state index < -0.39 is 76.6 Å². The van der Waals surface area contributed by atoms with Crippen LogP contribution in [0.15, 0.2) is 35.5 Å². The number of epoxide rings is 1. The Kier molecular flexibility index (Phi) is 8.06. The molecule has 6 rings (SSSR count). The van der Waals surface area contributed by atoms with Crippen molar-refractivity contribution in [3.05, 3.63) is 35.5 Å². The Hall–Kier alpha value is -3.35. The van der Waals surface area contributed by atoms with E-state index in [4.69, 9.17) is 33.2 Å². The highest BCUT2D eigenvalue weighted by molar-refractivity contribution is 5.92. The smallest absolute Gasteiger partial charge is 0.330 e. The van der Waals surface area contributed by atoms with Crippen molar-refractivity contribution in [2.24, 2.45) is 10.8 Å². The van der Waals surface area contributed by atoms with Gasteiger partial charge in [-0.3, -0.25) is 14.4 Å². The molecule has 3 saturated heterocycles. The number of cyclic esters (lactones) is 1. The molecule has 244 valence electrons. The molecule has 0 aromatic carbocycles. The van der Waals surface area contributed by atoms with Crippen LogP contribution in [0.5, 0.6) is 0 Å². The van der Waals surface area contributed by atoms with Crippen LogP contribution in [0, 0.1) is 10.8 Å². The molecule has 4 fully saturated rings. The zero-order chi connectivity index (χ0) is 32.2. The normalized spacial score (nSPS) is 41.9. The number of hydrogen-bond acceptors (Lipinski definition) is 12. The molecule has 0 N–H and O–H groups in total. The van der Waals surface area contributed by atoms with Gasteiger partial charge in [-0.05, 0) is 44.6 Å². The molecule has 2 aliphatic carbocycles. The van der Waals surface area contributed by atoms with Gasteiger partial charge >= 0.3 is 23.9 Å². The van der Waals surface area contributed by atoms with Gasteiger partial charge in [0, 0.05) is 37.8 Å². The lowest BCUT2D eigenvalue weighted by molar-refractivity contribution is -0.232. The highest BCUT2D eigenvalue weighted by Gasteiger charge is 2.83. The predicted molar refractivity (Wildman–Crippen MR) is 153 cm³/mol. The Morgan fingerprint density at radius 3 is 2.49 bits per heavy atom. The monoisotopic (exact) mass is 628 g/mol. The summed E-state index contributed by atoms with van der Waals surface area (Å²) in [5.74, 6) is -3.25. The number of Topliss-reactive ketones (excluding diaryl/α,β-unsaturated/α-hetero) is 1. The third kappa shape index (κ3) is 5.05. The number of carbonyl (C=O) groups is 5. The fraction of sp³-hybridized carbons (Fsp3) is 0.667. The molecule has 1 saturated carbocycles. The number of rotatable bonds is 4. The maximum absolute atomic E-state index is 13.6. The van der Waals surface area contributed by atoms with Crippen molar-refractivity contribution in [1.29, 1.82) is 0 Å². The molecule has 4 bridgehead atoms. The van der Waals surface area contributed by atoms with Crippen LogP contribution in [-0.4, -0.2) is 91.7 Å². The zero-order valence-corrected chi connectivity index (χ0v) is 26.1. The van der Waals surface area contributed by atoms with Crippen LogP contribution in [0.2, 0.25) is 0 Å². The lowest BCUT2D eigenvalue weighted by Gasteiger charge is -2.58. The van der Waals surface area contributed by atoms with Crippen molar-refractivity contribution in [3.63, 3.8) is 0 Å². The van der Waals surface area contributed by atoms with Gasteiger partial charge in [0.2, 0.25) is 5.78 Å². The van der Waals surface area contributed by atoms with E-state index in [1.54, 1.807) is 6.08 Å². The Morgan fingerprint density at radius 1 is 1.00 bits per heavy atom. The summed E-state index contributed by atoms with van der Waals surface area (Å²) in [6.45, 7) is 6.30. The van der Waals surface area contributed by atoms with E-state index in [-0.39, 0.29) is 38.6 Å². The number of ketones is 1. The van der Waals surface area contributed by atoms with Gasteiger partial charge in [-0.1, -0.05) is 24.6 Å². The van der Waals surface area contributed by atoms with Crippen molar-refractivity contribution in [3.8, 4) is 0 Å². The quantitative estimate of drug-likeness (QED) is 0.195. The molecule has 45 heavy (non-hydrogen) atoms. The van der Waals surface area contributed by atoms with E-state index in [1.165, 1.54) is 31.6 Å². The van der Waals surface area contributed by atoms with E-state index >= 15 is 0 Å². The second-order valence-electron chi connectivity index (χ2n) is 13.2. The molecule has 4 heterocycles. The molecule has 12 nitrogen and oxygen atoms in total. The summed E-state index contributed by atoms with van der Waals surface area (Å²) >= 11 is 0. The van der Waals surface area contributed by atoms with Crippen LogP contribution >= 0.6 is 0 Å². The standard InChI is InChI=1S/C33H40O12/c1-19-8-11-31-17-40-28(38)14-22-9-12-41-32(29(22)43-21(3)35,23(36)16-39-20(2)34)10-6-5-7-27(37)45-24-15-26(44-25(31)13-19)33(18-42-33)30(24,31)4/h5,7,13-14,24-26,29H,6,8-12,15-18H2,1-4H3/b7-5?,22-14+/t24-,25+,26-,29-,30-,31+,32+,33-/m0/s1. The van der Waals surface area contributed by atoms with Crippen LogP contribution in [-0.2, 0) is 57.1 Å². The summed E-state index contributed by atoms with van der Waals surface area (Å²) in [5.41, 5.74) is -2.40. The molecular weight excluding hydrogens is 588 g/mol. The van der Waals surface area contributed by atoms with Gasteiger partial charge in [0.25, 0.3) is 0 Å². The Labute approximate surface area is 261 Å². The maximum Gasteiger partial charge on any atom is 0.330 e. The van der Waals surface area contributed by atoms with Gasteiger partial charge in [-0.15, -0.1) is 0 Å². The summed E-state index contributed by atoms with van der Waals surface area (Å²) < 4.78 is 41.7. The van der Waals surface area contributed by atoms with Gasteiger partial charge in [-0.25, -0.2) is 9.59 Å². The van der Waals surface area contributed by atoms with Crippen molar-refractivity contribution in [1.82, 2.24) is 0 Å². The molecule has 0 aromatic heterocycles. The Bertz CT molecular complexity index is 1390. The first-order valence-corrected chi connectivity index (χ1v) is 15.6. The molecule has 12 heteroatoms. The van der Waals surface area contributed by atoms with Crippen LogP contribution in [0.1, 0.15) is 66.2 Å². The Balaban J connectivity index is 1.41. The lowest BCUT2D eigenvalue weighted by Crippen LogP contribution is -2.66. The maximum atomic E-state index is 13.6. The SMILES string of the molecule is CC(=O)OCC(=O)[C@@]12CCC=CC(=O)O[C@H]3C[C@@H]4O[C@@H]5C=C(C)CC[C@]5(COC(=O)/C=C(\CCO1)[C@@H]2OC(C)=O)[C@@]3(C)[C@]41CO1. The topological polar surface area (TPSA) is 153 Å². The molecule has 8 atom stereocenters. The number of hydrogen-bond donors (Lipinski definition) is 0. The minimum atomic E-state index is -1.78. The summed E-state index contributed by atoms with van der Waals surface area (Å²) in [5, 5.41) is 0. The van der Waals surface area contributed by atoms with E-state index in [1.807, 2.05) is 6.92 Å². The summed E-state index contributed by atoms with van der Waals surface area (Å²) in [6.07, 6.45) is 5.83. The summed E-state index contributed by atoms with van der Waals surface area (Å²) in [4.78, 5) is 64.4. The third-order valence-corrected chi connectivity index (χ3v) is 10.9. The number of allylic oxidation sites excluding steroid dienone is 2. The van der Waals surface area contributed by atoms with E-state index in [9.17, 15) is 24.0 Å². The average Bonchev–Trinajstić information content (AvgIpc) is 3.76. The molecule has 6 aliphatic rings. The average molecular weight is 629 g/mol. The van der Waals surface area contributed by atoms with Gasteiger partial charge in [0.15, 0.2) is 18.3 Å². The first-order valence-electron chi connectivity index (χ1n) is 15.6. The molecule has 4 aliphatic heterocycles. The van der Waals surface area contributed by atoms with E-state index in [0.717, 1.165) is 6.42 Å². The first-order chi connectivity index (χ1) is 21.4. The lowest BCUT2D eigenvalue weighted by atomic mass is 9.51. The van der Waals surface area contributed by atoms with Gasteiger partial charge < -0.3 is 33.2 Å². The molecule has 2 spiro atoms. The van der Waals surface area contributed by atoms with Crippen LogP contribution in [0.25, 0.3) is 0 Å². The number of ether oxygens (including phenoxy) is 7. The van der Waals surface area contributed by atoms with Crippen molar-refractivity contribution in [2.75, 3.05) is 26.4 Å². The van der Waals surface area contributed by atoms with Crippen LogP contribution in [0.3, 0.4) is 0 Å². The molecule has 0 unspecified atom stereocenters. The van der Waals surface area contributed by atoms with Crippen LogP contribution < -0.4 is 0 Å². The minimum absolute atomic E-state index is 0.0271. The van der Waals surface area contributed by atoms with Crippen molar-refractivity contribution >= 4 is 29.7 Å². The minimum Gasteiger partial charge on any atom is -0.462 e. The van der Waals surface area contributed by atoms with Crippen molar-refractivity contribution in [2.45, 2.75) is 102 Å². The Morgan fingerprint density at radius 2 is 1.78 bits per heavy atom. The highest BCUT2D eigenvalue weighted by Crippen LogP contribution is 2.72. The van der Waals surface area contributed by atoms with Crippen LogP contribution in [0.4, 0.5) is 0 Å². The number of fused-ring (bicyclic) bond motifs is 2. The van der Waals surface area contributed by atoms with Crippen molar-refractivity contribution < 1.29 is 57.1 Å². The molecular formula is C33H40O12. The summed E-state index contributed by atoms with van der Waals surface area (Å²) in [6, 6.07) is 0. The second-order valence-corrected chi connectivity index (χ2v) is 13.2. The fourth-order valence-corrected chi connectivity index (χ4v) is 8.38. The van der Waals surface area contributed by atoms with Gasteiger partial charge in [0.05, 0.1) is 30.8 Å². The predicted octanol–water partition coefficient (Wildman–Crippen LogP) is 2.61.